The zero-order chi connectivity index (χ0) is 16.7. The van der Waals surface area contributed by atoms with Crippen molar-refractivity contribution in [3.8, 4) is 0 Å². The van der Waals surface area contributed by atoms with E-state index in [0.29, 0.717) is 5.92 Å². The van der Waals surface area contributed by atoms with Crippen LogP contribution in [0.25, 0.3) is 10.2 Å². The van der Waals surface area contributed by atoms with E-state index in [-0.39, 0.29) is 5.56 Å². The molecule has 1 aliphatic carbocycles. The van der Waals surface area contributed by atoms with E-state index in [0.717, 1.165) is 55.1 Å². The first-order chi connectivity index (χ1) is 11.6. The molecule has 0 spiro atoms. The number of likely N-dealkylation sites (tertiary alicyclic amines) is 1. The molecule has 130 valence electrons. The average Bonchev–Trinajstić information content (AvgIpc) is 3.17. The van der Waals surface area contributed by atoms with Crippen LogP contribution < -0.4 is 5.56 Å². The fourth-order valence-corrected chi connectivity index (χ4v) is 5.37. The zero-order valence-corrected chi connectivity index (χ0v) is 15.6. The summed E-state index contributed by atoms with van der Waals surface area (Å²) < 4.78 is 1.98. The number of aryl methyl sites for hydroxylation is 2. The van der Waals surface area contributed by atoms with E-state index >= 15 is 0 Å². The average molecular weight is 346 g/mol. The van der Waals surface area contributed by atoms with Crippen LogP contribution in [0.3, 0.4) is 0 Å². The number of aromatic nitrogens is 2. The molecule has 0 aromatic carbocycles. The second-order valence-corrected chi connectivity index (χ2v) is 8.80. The van der Waals surface area contributed by atoms with Crippen LogP contribution in [0.1, 0.15) is 55.8 Å². The number of rotatable bonds is 4. The first-order valence-corrected chi connectivity index (χ1v) is 10.2. The van der Waals surface area contributed by atoms with E-state index in [9.17, 15) is 4.79 Å². The summed E-state index contributed by atoms with van der Waals surface area (Å²) in [4.78, 5) is 23.1. The maximum atomic E-state index is 13.3. The highest BCUT2D eigenvalue weighted by Gasteiger charge is 2.23. The lowest BCUT2D eigenvalue weighted by atomic mass is 9.97. The van der Waals surface area contributed by atoms with E-state index in [1.54, 1.807) is 11.3 Å². The molecule has 0 amide bonds. The van der Waals surface area contributed by atoms with Crippen molar-refractivity contribution < 1.29 is 0 Å². The van der Waals surface area contributed by atoms with Crippen molar-refractivity contribution in [3.63, 3.8) is 0 Å². The Morgan fingerprint density at radius 3 is 2.62 bits per heavy atom. The number of fused-ring (bicyclic) bond motifs is 3. The smallest absolute Gasteiger partial charge is 0.262 e. The highest BCUT2D eigenvalue weighted by Crippen LogP contribution is 2.34. The SMILES string of the molecule is CC(C)Cn1c(CN2CCCC2)nc2sc3c(c2c1=O)CCCC3. The van der Waals surface area contributed by atoms with Crippen molar-refractivity contribution in [3.05, 3.63) is 26.6 Å². The van der Waals surface area contributed by atoms with Crippen molar-refractivity contribution in [2.45, 2.75) is 65.5 Å². The van der Waals surface area contributed by atoms with Gasteiger partial charge in [0, 0.05) is 11.4 Å². The Labute approximate surface area is 147 Å². The van der Waals surface area contributed by atoms with Gasteiger partial charge in [0.25, 0.3) is 5.56 Å². The minimum atomic E-state index is 0.210. The van der Waals surface area contributed by atoms with Crippen LogP contribution >= 0.6 is 11.3 Å². The number of hydrogen-bond acceptors (Lipinski definition) is 4. The lowest BCUT2D eigenvalue weighted by Gasteiger charge is -2.19. The molecule has 0 N–H and O–H groups in total. The number of hydrogen-bond donors (Lipinski definition) is 0. The summed E-state index contributed by atoms with van der Waals surface area (Å²) in [6, 6.07) is 0. The molecule has 5 heteroatoms. The standard InChI is InChI=1S/C19H27N3OS/c1-13(2)11-22-16(12-21-9-5-6-10-21)20-18-17(19(22)23)14-7-3-4-8-15(14)24-18/h13H,3-12H2,1-2H3. The first-order valence-electron chi connectivity index (χ1n) is 9.40. The Hall–Kier alpha value is -1.20. The third kappa shape index (κ3) is 2.93. The van der Waals surface area contributed by atoms with E-state index < -0.39 is 0 Å². The first kappa shape index (κ1) is 16.3. The van der Waals surface area contributed by atoms with Gasteiger partial charge in [-0.1, -0.05) is 13.8 Å². The van der Waals surface area contributed by atoms with Gasteiger partial charge in [0.15, 0.2) is 0 Å². The van der Waals surface area contributed by atoms with Crippen LogP contribution in [0.15, 0.2) is 4.79 Å². The molecule has 1 saturated heterocycles. The van der Waals surface area contributed by atoms with Crippen LogP contribution in [0.4, 0.5) is 0 Å². The Morgan fingerprint density at radius 1 is 1.12 bits per heavy atom. The van der Waals surface area contributed by atoms with Gasteiger partial charge in [-0.15, -0.1) is 11.3 Å². The molecule has 4 nitrogen and oxygen atoms in total. The van der Waals surface area contributed by atoms with Gasteiger partial charge in [0.1, 0.15) is 10.7 Å². The molecule has 2 aliphatic rings. The Kier molecular flexibility index (Phi) is 4.48. The van der Waals surface area contributed by atoms with Gasteiger partial charge in [-0.05, 0) is 63.1 Å². The van der Waals surface area contributed by atoms with Crippen molar-refractivity contribution in [2.24, 2.45) is 5.92 Å². The van der Waals surface area contributed by atoms with Gasteiger partial charge in [0.05, 0.1) is 11.9 Å². The van der Waals surface area contributed by atoms with Crippen molar-refractivity contribution in [1.82, 2.24) is 14.5 Å². The molecule has 24 heavy (non-hydrogen) atoms. The Bertz CT molecular complexity index is 799. The fraction of sp³-hybridized carbons (Fsp3) is 0.684. The monoisotopic (exact) mass is 345 g/mol. The highest BCUT2D eigenvalue weighted by atomic mass is 32.1. The molecule has 1 fully saturated rings. The van der Waals surface area contributed by atoms with Gasteiger partial charge >= 0.3 is 0 Å². The molecular weight excluding hydrogens is 318 g/mol. The van der Waals surface area contributed by atoms with Crippen molar-refractivity contribution in [2.75, 3.05) is 13.1 Å². The molecule has 0 bridgehead atoms. The van der Waals surface area contributed by atoms with E-state index in [1.165, 1.54) is 36.1 Å². The summed E-state index contributed by atoms with van der Waals surface area (Å²) in [5.74, 6) is 1.43. The number of nitrogens with zero attached hydrogens (tertiary/aromatic N) is 3. The lowest BCUT2D eigenvalue weighted by Crippen LogP contribution is -2.31. The normalized spacial score (nSPS) is 18.6. The third-order valence-corrected chi connectivity index (χ3v) is 6.45. The van der Waals surface area contributed by atoms with Crippen molar-refractivity contribution in [1.29, 1.82) is 0 Å². The molecular formula is C19H27N3OS. The predicted molar refractivity (Wildman–Crippen MR) is 99.9 cm³/mol. The van der Waals surface area contributed by atoms with Crippen LogP contribution in [0, 0.1) is 5.92 Å². The van der Waals surface area contributed by atoms with Gasteiger partial charge < -0.3 is 0 Å². The van der Waals surface area contributed by atoms with Gasteiger partial charge in [-0.3, -0.25) is 14.3 Å². The molecule has 2 aromatic heterocycles. The Morgan fingerprint density at radius 2 is 1.88 bits per heavy atom. The summed E-state index contributed by atoms with van der Waals surface area (Å²) in [6.07, 6.45) is 7.17. The third-order valence-electron chi connectivity index (χ3n) is 5.27. The predicted octanol–water partition coefficient (Wildman–Crippen LogP) is 3.59. The van der Waals surface area contributed by atoms with Crippen LogP contribution in [0.5, 0.6) is 0 Å². The maximum absolute atomic E-state index is 13.3. The largest absolute Gasteiger partial charge is 0.296 e. The number of thiophene rings is 1. The van der Waals surface area contributed by atoms with Gasteiger partial charge in [-0.2, -0.15) is 0 Å². The Balaban J connectivity index is 1.84. The molecule has 0 radical (unpaired) electrons. The quantitative estimate of drug-likeness (QED) is 0.850. The minimum Gasteiger partial charge on any atom is -0.296 e. The van der Waals surface area contributed by atoms with E-state index in [2.05, 4.69) is 18.7 Å². The summed E-state index contributed by atoms with van der Waals surface area (Å²) in [5.41, 5.74) is 1.52. The fourth-order valence-electron chi connectivity index (χ4n) is 4.10. The second-order valence-electron chi connectivity index (χ2n) is 7.71. The van der Waals surface area contributed by atoms with Gasteiger partial charge in [0.2, 0.25) is 0 Å². The van der Waals surface area contributed by atoms with Crippen LogP contribution in [0.2, 0.25) is 0 Å². The second kappa shape index (κ2) is 6.60. The minimum absolute atomic E-state index is 0.210. The van der Waals surface area contributed by atoms with Crippen molar-refractivity contribution >= 4 is 21.6 Å². The zero-order valence-electron chi connectivity index (χ0n) is 14.8. The molecule has 0 atom stereocenters. The van der Waals surface area contributed by atoms with Gasteiger partial charge in [-0.25, -0.2) is 4.98 Å². The molecule has 2 aromatic rings. The summed E-state index contributed by atoms with van der Waals surface area (Å²) >= 11 is 1.77. The van der Waals surface area contributed by atoms with Crippen LogP contribution in [-0.4, -0.2) is 27.5 Å². The summed E-state index contributed by atoms with van der Waals surface area (Å²) in [6.45, 7) is 8.22. The topological polar surface area (TPSA) is 38.1 Å². The van der Waals surface area contributed by atoms with E-state index in [1.807, 2.05) is 4.57 Å². The van der Waals surface area contributed by atoms with E-state index in [4.69, 9.17) is 4.98 Å². The summed E-state index contributed by atoms with van der Waals surface area (Å²) in [5, 5.41) is 0.931. The molecule has 3 heterocycles. The molecule has 0 saturated carbocycles. The molecule has 0 unspecified atom stereocenters. The van der Waals surface area contributed by atoms with Crippen LogP contribution in [-0.2, 0) is 25.9 Å². The maximum Gasteiger partial charge on any atom is 0.262 e. The molecule has 4 rings (SSSR count). The highest BCUT2D eigenvalue weighted by molar-refractivity contribution is 7.18. The summed E-state index contributed by atoms with van der Waals surface area (Å²) in [7, 11) is 0. The molecule has 1 aliphatic heterocycles. The lowest BCUT2D eigenvalue weighted by molar-refractivity contribution is 0.310.